The summed E-state index contributed by atoms with van der Waals surface area (Å²) in [5.41, 5.74) is 2.62. The number of rotatable bonds is 2. The number of hydrogen-bond acceptors (Lipinski definition) is 2. The number of hydrogen-bond donors (Lipinski definition) is 0. The van der Waals surface area contributed by atoms with Gasteiger partial charge in [-0.15, -0.1) is 0 Å². The molecule has 0 aromatic heterocycles. The Bertz CT molecular complexity index is 405. The molecule has 1 aromatic carbocycles. The number of carbonyl (C=O) groups is 1. The molecular weight excluding hydrogens is 200 g/mol. The van der Waals surface area contributed by atoms with E-state index in [2.05, 4.69) is 12.1 Å². The van der Waals surface area contributed by atoms with Gasteiger partial charge in [-0.3, -0.25) is 4.79 Å². The van der Waals surface area contributed by atoms with E-state index in [1.54, 1.807) is 0 Å². The van der Waals surface area contributed by atoms with Crippen molar-refractivity contribution in [2.45, 2.75) is 25.2 Å². The Morgan fingerprint density at radius 3 is 2.69 bits per heavy atom. The number of fused-ring (bicyclic) bond motifs is 1. The number of carbonyl (C=O) groups excluding carboxylic acids is 1. The molecule has 1 unspecified atom stereocenters. The predicted octanol–water partition coefficient (Wildman–Crippen LogP) is 2.32. The molecule has 1 aromatic rings. The van der Waals surface area contributed by atoms with E-state index in [4.69, 9.17) is 4.74 Å². The van der Waals surface area contributed by atoms with Crippen molar-refractivity contribution in [2.75, 3.05) is 13.2 Å². The SMILES string of the molecule is O=C(C1CCOCC1)C1Cc2ccccc21. The van der Waals surface area contributed by atoms with Crippen LogP contribution in [-0.4, -0.2) is 19.0 Å². The number of ether oxygens (including phenoxy) is 1. The molecule has 1 aliphatic heterocycles. The van der Waals surface area contributed by atoms with Crippen LogP contribution >= 0.6 is 0 Å². The molecule has 1 heterocycles. The van der Waals surface area contributed by atoms with Crippen molar-refractivity contribution in [1.29, 1.82) is 0 Å². The summed E-state index contributed by atoms with van der Waals surface area (Å²) < 4.78 is 5.30. The first-order chi connectivity index (χ1) is 7.86. The first-order valence-electron chi connectivity index (χ1n) is 6.05. The second kappa shape index (κ2) is 4.02. The fourth-order valence-corrected chi connectivity index (χ4v) is 2.78. The van der Waals surface area contributed by atoms with Gasteiger partial charge >= 0.3 is 0 Å². The van der Waals surface area contributed by atoms with Gasteiger partial charge < -0.3 is 4.74 Å². The highest BCUT2D eigenvalue weighted by molar-refractivity contribution is 5.90. The van der Waals surface area contributed by atoms with Crippen LogP contribution in [0.4, 0.5) is 0 Å². The summed E-state index contributed by atoms with van der Waals surface area (Å²) in [5.74, 6) is 0.869. The van der Waals surface area contributed by atoms with E-state index in [9.17, 15) is 4.79 Å². The summed E-state index contributed by atoms with van der Waals surface area (Å²) in [6.07, 6.45) is 2.78. The van der Waals surface area contributed by atoms with Gasteiger partial charge in [-0.25, -0.2) is 0 Å². The third-order valence-corrected chi connectivity index (χ3v) is 3.82. The highest BCUT2D eigenvalue weighted by atomic mass is 16.5. The summed E-state index contributed by atoms with van der Waals surface area (Å²) in [6, 6.07) is 8.31. The Morgan fingerprint density at radius 2 is 1.94 bits per heavy atom. The Kier molecular flexibility index (Phi) is 2.52. The molecule has 0 N–H and O–H groups in total. The second-order valence-corrected chi connectivity index (χ2v) is 4.74. The molecule has 84 valence electrons. The van der Waals surface area contributed by atoms with E-state index >= 15 is 0 Å². The number of ketones is 1. The molecule has 16 heavy (non-hydrogen) atoms. The van der Waals surface area contributed by atoms with Crippen molar-refractivity contribution in [2.24, 2.45) is 5.92 Å². The van der Waals surface area contributed by atoms with Crippen molar-refractivity contribution in [3.05, 3.63) is 35.4 Å². The van der Waals surface area contributed by atoms with Crippen LogP contribution in [0.25, 0.3) is 0 Å². The van der Waals surface area contributed by atoms with Gasteiger partial charge in [0.15, 0.2) is 0 Å². The van der Waals surface area contributed by atoms with Gasteiger partial charge in [0, 0.05) is 25.0 Å². The molecule has 1 saturated heterocycles. The zero-order valence-electron chi connectivity index (χ0n) is 9.32. The third kappa shape index (κ3) is 1.57. The molecular formula is C14H16O2. The molecule has 2 heteroatoms. The fraction of sp³-hybridized carbons (Fsp3) is 0.500. The third-order valence-electron chi connectivity index (χ3n) is 3.82. The minimum absolute atomic E-state index is 0.180. The van der Waals surface area contributed by atoms with Crippen LogP contribution in [0.1, 0.15) is 29.9 Å². The van der Waals surface area contributed by atoms with Crippen molar-refractivity contribution in [3.8, 4) is 0 Å². The lowest BCUT2D eigenvalue weighted by Crippen LogP contribution is -2.33. The standard InChI is InChI=1S/C14H16O2/c15-14(10-5-7-16-8-6-10)13-9-11-3-1-2-4-12(11)13/h1-4,10,13H,5-9H2. The molecule has 2 nitrogen and oxygen atoms in total. The molecule has 0 saturated carbocycles. The summed E-state index contributed by atoms with van der Waals surface area (Å²) in [7, 11) is 0. The second-order valence-electron chi connectivity index (χ2n) is 4.74. The largest absolute Gasteiger partial charge is 0.381 e. The topological polar surface area (TPSA) is 26.3 Å². The average molecular weight is 216 g/mol. The quantitative estimate of drug-likeness (QED) is 0.758. The van der Waals surface area contributed by atoms with Crippen LogP contribution in [0.3, 0.4) is 0 Å². The van der Waals surface area contributed by atoms with Gasteiger partial charge in [-0.1, -0.05) is 24.3 Å². The summed E-state index contributed by atoms with van der Waals surface area (Å²) in [6.45, 7) is 1.51. The summed E-state index contributed by atoms with van der Waals surface area (Å²) in [4.78, 5) is 12.3. The van der Waals surface area contributed by atoms with Gasteiger partial charge in [0.1, 0.15) is 5.78 Å². The minimum Gasteiger partial charge on any atom is -0.381 e. The number of benzene rings is 1. The first-order valence-corrected chi connectivity index (χ1v) is 6.05. The van der Waals surface area contributed by atoms with Crippen LogP contribution in [0.5, 0.6) is 0 Å². The summed E-state index contributed by atoms with van der Waals surface area (Å²) in [5, 5.41) is 0. The average Bonchev–Trinajstić information content (AvgIpc) is 2.32. The monoisotopic (exact) mass is 216 g/mol. The van der Waals surface area contributed by atoms with E-state index in [1.807, 2.05) is 12.1 Å². The van der Waals surface area contributed by atoms with E-state index in [1.165, 1.54) is 11.1 Å². The molecule has 1 aliphatic carbocycles. The lowest BCUT2D eigenvalue weighted by atomic mass is 9.71. The van der Waals surface area contributed by atoms with Crippen molar-refractivity contribution in [1.82, 2.24) is 0 Å². The maximum absolute atomic E-state index is 12.3. The Morgan fingerprint density at radius 1 is 1.19 bits per heavy atom. The molecule has 0 bridgehead atoms. The molecule has 1 atom stereocenters. The van der Waals surface area contributed by atoms with E-state index in [0.29, 0.717) is 5.78 Å². The molecule has 0 spiro atoms. The fourth-order valence-electron chi connectivity index (χ4n) is 2.78. The lowest BCUT2D eigenvalue weighted by molar-refractivity contribution is -0.127. The van der Waals surface area contributed by atoms with E-state index in [0.717, 1.165) is 32.5 Å². The van der Waals surface area contributed by atoms with Crippen molar-refractivity contribution in [3.63, 3.8) is 0 Å². The zero-order chi connectivity index (χ0) is 11.0. The highest BCUT2D eigenvalue weighted by Crippen LogP contribution is 2.38. The molecule has 1 fully saturated rings. The van der Waals surface area contributed by atoms with Gasteiger partial charge in [0.2, 0.25) is 0 Å². The van der Waals surface area contributed by atoms with Crippen molar-refractivity contribution < 1.29 is 9.53 Å². The molecule has 2 aliphatic rings. The lowest BCUT2D eigenvalue weighted by Gasteiger charge is -2.33. The van der Waals surface area contributed by atoms with Crippen LogP contribution in [0, 0.1) is 5.92 Å². The zero-order valence-corrected chi connectivity index (χ0v) is 9.32. The molecule has 3 rings (SSSR count). The van der Waals surface area contributed by atoms with Crippen LogP contribution in [-0.2, 0) is 16.0 Å². The normalized spacial score (nSPS) is 24.6. The van der Waals surface area contributed by atoms with E-state index < -0.39 is 0 Å². The Hall–Kier alpha value is -1.15. The minimum atomic E-state index is 0.180. The molecule has 0 amide bonds. The van der Waals surface area contributed by atoms with Gasteiger partial charge in [-0.05, 0) is 30.4 Å². The molecule has 0 radical (unpaired) electrons. The number of Topliss-reactive ketones (excluding diaryl/α,β-unsaturated/α-hetero) is 1. The van der Waals surface area contributed by atoms with Crippen LogP contribution < -0.4 is 0 Å². The predicted molar refractivity (Wildman–Crippen MR) is 61.4 cm³/mol. The van der Waals surface area contributed by atoms with Crippen molar-refractivity contribution >= 4 is 5.78 Å². The Balaban J connectivity index is 1.73. The maximum atomic E-state index is 12.3. The van der Waals surface area contributed by atoms with Gasteiger partial charge in [0.25, 0.3) is 0 Å². The first kappa shape index (κ1) is 10.0. The smallest absolute Gasteiger partial charge is 0.143 e. The van der Waals surface area contributed by atoms with Gasteiger partial charge in [-0.2, -0.15) is 0 Å². The van der Waals surface area contributed by atoms with Crippen LogP contribution in [0.2, 0.25) is 0 Å². The maximum Gasteiger partial charge on any atom is 0.143 e. The van der Waals surface area contributed by atoms with Gasteiger partial charge in [0.05, 0.1) is 0 Å². The Labute approximate surface area is 95.6 Å². The highest BCUT2D eigenvalue weighted by Gasteiger charge is 2.35. The van der Waals surface area contributed by atoms with E-state index in [-0.39, 0.29) is 11.8 Å². The van der Waals surface area contributed by atoms with Crippen LogP contribution in [0.15, 0.2) is 24.3 Å². The summed E-state index contributed by atoms with van der Waals surface area (Å²) >= 11 is 0.